The number of nitrogen functional groups attached to an aromatic ring is 1. The minimum atomic E-state index is 0.0634. The molecular formula is C12H18N2O. The third kappa shape index (κ3) is 2.98. The summed E-state index contributed by atoms with van der Waals surface area (Å²) in [6, 6.07) is 3.74. The molecule has 0 heterocycles. The van der Waals surface area contributed by atoms with Gasteiger partial charge in [0.25, 0.3) is 0 Å². The zero-order chi connectivity index (χ0) is 11.4. The number of anilines is 2. The fourth-order valence-electron chi connectivity index (χ4n) is 1.62. The summed E-state index contributed by atoms with van der Waals surface area (Å²) < 4.78 is 0. The van der Waals surface area contributed by atoms with Crippen LogP contribution in [0.4, 0.5) is 11.4 Å². The van der Waals surface area contributed by atoms with E-state index in [1.165, 1.54) is 0 Å². The summed E-state index contributed by atoms with van der Waals surface area (Å²) >= 11 is 0. The summed E-state index contributed by atoms with van der Waals surface area (Å²) in [5, 5.41) is 2.91. The van der Waals surface area contributed by atoms with Gasteiger partial charge in [-0.25, -0.2) is 0 Å². The molecule has 0 radical (unpaired) electrons. The van der Waals surface area contributed by atoms with Crippen LogP contribution in [-0.4, -0.2) is 5.91 Å². The number of carbonyl (C=O) groups excluding carboxylic acids is 1. The van der Waals surface area contributed by atoms with Crippen molar-refractivity contribution in [1.29, 1.82) is 0 Å². The molecule has 0 aliphatic rings. The second-order valence-corrected chi connectivity index (χ2v) is 3.83. The predicted molar refractivity (Wildman–Crippen MR) is 63.9 cm³/mol. The molecule has 0 spiro atoms. The Balaban J connectivity index is 2.90. The third-order valence-corrected chi connectivity index (χ3v) is 2.30. The Bertz CT molecular complexity index is 349. The highest BCUT2D eigenvalue weighted by Gasteiger charge is 2.07. The van der Waals surface area contributed by atoms with E-state index in [2.05, 4.69) is 5.32 Å². The molecule has 82 valence electrons. The van der Waals surface area contributed by atoms with Gasteiger partial charge in [-0.15, -0.1) is 0 Å². The average molecular weight is 206 g/mol. The molecule has 0 aliphatic carbocycles. The minimum Gasteiger partial charge on any atom is -0.399 e. The Morgan fingerprint density at radius 1 is 1.33 bits per heavy atom. The molecule has 0 saturated carbocycles. The summed E-state index contributed by atoms with van der Waals surface area (Å²) in [4.78, 5) is 11.5. The van der Waals surface area contributed by atoms with Crippen molar-refractivity contribution in [3.63, 3.8) is 0 Å². The summed E-state index contributed by atoms with van der Waals surface area (Å²) in [7, 11) is 0. The molecule has 0 fully saturated rings. The maximum atomic E-state index is 11.5. The van der Waals surface area contributed by atoms with Crippen LogP contribution in [0, 0.1) is 13.8 Å². The first-order valence-electron chi connectivity index (χ1n) is 5.21. The van der Waals surface area contributed by atoms with Gasteiger partial charge in [-0.3, -0.25) is 4.79 Å². The summed E-state index contributed by atoms with van der Waals surface area (Å²) in [6.07, 6.45) is 1.42. The van der Waals surface area contributed by atoms with Crippen molar-refractivity contribution in [3.05, 3.63) is 23.3 Å². The number of hydrogen-bond acceptors (Lipinski definition) is 2. The maximum absolute atomic E-state index is 11.5. The molecule has 1 rings (SSSR count). The molecule has 0 aromatic heterocycles. The number of nitrogens with two attached hydrogens (primary N) is 1. The van der Waals surface area contributed by atoms with Crippen LogP contribution in [0.25, 0.3) is 0 Å². The van der Waals surface area contributed by atoms with Crippen LogP contribution < -0.4 is 11.1 Å². The SMILES string of the molecule is CCCC(=O)Nc1c(C)cc(N)cc1C. The zero-order valence-corrected chi connectivity index (χ0v) is 9.55. The van der Waals surface area contributed by atoms with E-state index in [-0.39, 0.29) is 5.91 Å². The van der Waals surface area contributed by atoms with Gasteiger partial charge in [-0.2, -0.15) is 0 Å². The fraction of sp³-hybridized carbons (Fsp3) is 0.417. The molecule has 0 unspecified atom stereocenters. The van der Waals surface area contributed by atoms with Crippen molar-refractivity contribution < 1.29 is 4.79 Å². The van der Waals surface area contributed by atoms with Gasteiger partial charge in [0.05, 0.1) is 0 Å². The largest absolute Gasteiger partial charge is 0.399 e. The first-order valence-corrected chi connectivity index (χ1v) is 5.21. The van der Waals surface area contributed by atoms with Crippen molar-refractivity contribution >= 4 is 17.3 Å². The molecule has 0 atom stereocenters. The van der Waals surface area contributed by atoms with Crippen molar-refractivity contribution in [1.82, 2.24) is 0 Å². The number of nitrogens with one attached hydrogen (secondary N) is 1. The van der Waals surface area contributed by atoms with Crippen molar-refractivity contribution in [2.45, 2.75) is 33.6 Å². The highest BCUT2D eigenvalue weighted by molar-refractivity contribution is 5.92. The first-order chi connectivity index (χ1) is 7.04. The Hall–Kier alpha value is -1.51. The van der Waals surface area contributed by atoms with E-state index in [1.807, 2.05) is 32.9 Å². The number of carbonyl (C=O) groups is 1. The average Bonchev–Trinajstić information content (AvgIpc) is 2.11. The van der Waals surface area contributed by atoms with Gasteiger partial charge in [0.2, 0.25) is 5.91 Å². The van der Waals surface area contributed by atoms with Crippen LogP contribution in [0.1, 0.15) is 30.9 Å². The lowest BCUT2D eigenvalue weighted by Crippen LogP contribution is -2.12. The van der Waals surface area contributed by atoms with Crippen LogP contribution in [0.5, 0.6) is 0 Å². The van der Waals surface area contributed by atoms with Gasteiger partial charge in [-0.05, 0) is 43.5 Å². The Morgan fingerprint density at radius 2 is 1.87 bits per heavy atom. The number of aryl methyl sites for hydroxylation is 2. The normalized spacial score (nSPS) is 10.1. The molecule has 15 heavy (non-hydrogen) atoms. The lowest BCUT2D eigenvalue weighted by Gasteiger charge is -2.12. The third-order valence-electron chi connectivity index (χ3n) is 2.30. The standard InChI is InChI=1S/C12H18N2O/c1-4-5-11(15)14-12-8(2)6-10(13)7-9(12)3/h6-7H,4-5,13H2,1-3H3,(H,14,15). The van der Waals surface area contributed by atoms with E-state index in [1.54, 1.807) is 0 Å². The van der Waals surface area contributed by atoms with E-state index in [0.29, 0.717) is 6.42 Å². The summed E-state index contributed by atoms with van der Waals surface area (Å²) in [6.45, 7) is 5.89. The number of hydrogen-bond donors (Lipinski definition) is 2. The molecule has 0 aliphatic heterocycles. The fourth-order valence-corrected chi connectivity index (χ4v) is 1.62. The zero-order valence-electron chi connectivity index (χ0n) is 9.55. The monoisotopic (exact) mass is 206 g/mol. The Labute approximate surface area is 90.7 Å². The molecule has 3 nitrogen and oxygen atoms in total. The van der Waals surface area contributed by atoms with Crippen LogP contribution >= 0.6 is 0 Å². The van der Waals surface area contributed by atoms with Gasteiger partial charge in [0.1, 0.15) is 0 Å². The first kappa shape index (κ1) is 11.6. The Morgan fingerprint density at radius 3 is 2.33 bits per heavy atom. The highest BCUT2D eigenvalue weighted by Crippen LogP contribution is 2.23. The molecular weight excluding hydrogens is 188 g/mol. The number of amides is 1. The van der Waals surface area contributed by atoms with Crippen molar-refractivity contribution in [2.75, 3.05) is 11.1 Å². The van der Waals surface area contributed by atoms with E-state index >= 15 is 0 Å². The van der Waals surface area contributed by atoms with Crippen molar-refractivity contribution in [3.8, 4) is 0 Å². The Kier molecular flexibility index (Phi) is 3.72. The molecule has 3 N–H and O–H groups in total. The minimum absolute atomic E-state index is 0.0634. The van der Waals surface area contributed by atoms with E-state index in [4.69, 9.17) is 5.73 Å². The predicted octanol–water partition coefficient (Wildman–Crippen LogP) is 2.62. The van der Waals surface area contributed by atoms with Gasteiger partial charge in [0, 0.05) is 17.8 Å². The second-order valence-electron chi connectivity index (χ2n) is 3.83. The van der Waals surface area contributed by atoms with Crippen LogP contribution in [0.2, 0.25) is 0 Å². The van der Waals surface area contributed by atoms with Gasteiger partial charge < -0.3 is 11.1 Å². The smallest absolute Gasteiger partial charge is 0.224 e. The van der Waals surface area contributed by atoms with Crippen molar-refractivity contribution in [2.24, 2.45) is 0 Å². The van der Waals surface area contributed by atoms with Gasteiger partial charge >= 0.3 is 0 Å². The number of benzene rings is 1. The van der Waals surface area contributed by atoms with Crippen LogP contribution in [0.3, 0.4) is 0 Å². The lowest BCUT2D eigenvalue weighted by molar-refractivity contribution is -0.116. The number of rotatable bonds is 3. The molecule has 3 heteroatoms. The lowest BCUT2D eigenvalue weighted by atomic mass is 10.1. The van der Waals surface area contributed by atoms with Crippen LogP contribution in [-0.2, 0) is 4.79 Å². The molecule has 0 saturated heterocycles. The van der Waals surface area contributed by atoms with E-state index in [0.717, 1.165) is 28.9 Å². The molecule has 1 aromatic rings. The van der Waals surface area contributed by atoms with E-state index in [9.17, 15) is 4.79 Å². The van der Waals surface area contributed by atoms with Crippen LogP contribution in [0.15, 0.2) is 12.1 Å². The molecule has 1 amide bonds. The summed E-state index contributed by atoms with van der Waals surface area (Å²) in [5.74, 6) is 0.0634. The summed E-state index contributed by atoms with van der Waals surface area (Å²) in [5.41, 5.74) is 9.35. The van der Waals surface area contributed by atoms with E-state index < -0.39 is 0 Å². The second kappa shape index (κ2) is 4.82. The maximum Gasteiger partial charge on any atom is 0.224 e. The molecule has 0 bridgehead atoms. The molecule has 1 aromatic carbocycles. The highest BCUT2D eigenvalue weighted by atomic mass is 16.1. The van der Waals surface area contributed by atoms with Gasteiger partial charge in [0.15, 0.2) is 0 Å². The topological polar surface area (TPSA) is 55.1 Å². The quantitative estimate of drug-likeness (QED) is 0.747. The van der Waals surface area contributed by atoms with Gasteiger partial charge in [-0.1, -0.05) is 6.92 Å².